The number of amides is 2. The number of hydrogen-bond donors (Lipinski definition) is 1. The SMILES string of the molecule is C=CCNC(=O)N1CCC[C@H](C(=O)c2cccc(OC(C)C)c2)C1. The first-order chi connectivity index (χ1) is 11.5. The third-order valence-electron chi connectivity index (χ3n) is 3.97. The van der Waals surface area contributed by atoms with E-state index in [0.29, 0.717) is 30.9 Å². The Kier molecular flexibility index (Phi) is 6.41. The number of carbonyl (C=O) groups is 2. The molecule has 1 aliphatic heterocycles. The Morgan fingerprint density at radius 1 is 1.46 bits per heavy atom. The lowest BCUT2D eigenvalue weighted by Gasteiger charge is -2.32. The molecule has 1 saturated heterocycles. The number of urea groups is 1. The number of carbonyl (C=O) groups excluding carboxylic acids is 2. The van der Waals surface area contributed by atoms with Crippen molar-refractivity contribution in [2.45, 2.75) is 32.8 Å². The van der Waals surface area contributed by atoms with E-state index in [-0.39, 0.29) is 23.8 Å². The van der Waals surface area contributed by atoms with Crippen molar-refractivity contribution in [2.75, 3.05) is 19.6 Å². The van der Waals surface area contributed by atoms with E-state index in [9.17, 15) is 9.59 Å². The minimum Gasteiger partial charge on any atom is -0.491 e. The van der Waals surface area contributed by atoms with Crippen LogP contribution < -0.4 is 10.1 Å². The van der Waals surface area contributed by atoms with Crippen molar-refractivity contribution in [3.63, 3.8) is 0 Å². The second-order valence-electron chi connectivity index (χ2n) is 6.32. The van der Waals surface area contributed by atoms with Gasteiger partial charge in [0.25, 0.3) is 0 Å². The van der Waals surface area contributed by atoms with Crippen LogP contribution in [0.4, 0.5) is 4.79 Å². The highest BCUT2D eigenvalue weighted by atomic mass is 16.5. The maximum Gasteiger partial charge on any atom is 0.317 e. The number of likely N-dealkylation sites (tertiary alicyclic amines) is 1. The number of benzene rings is 1. The van der Waals surface area contributed by atoms with Crippen LogP contribution in [0.2, 0.25) is 0 Å². The van der Waals surface area contributed by atoms with Crippen LogP contribution in [0.1, 0.15) is 37.0 Å². The quantitative estimate of drug-likeness (QED) is 0.643. The molecule has 1 aliphatic rings. The number of hydrogen-bond acceptors (Lipinski definition) is 3. The van der Waals surface area contributed by atoms with Gasteiger partial charge in [-0.1, -0.05) is 18.2 Å². The predicted molar refractivity (Wildman–Crippen MR) is 94.4 cm³/mol. The Morgan fingerprint density at radius 2 is 2.25 bits per heavy atom. The zero-order valence-electron chi connectivity index (χ0n) is 14.5. The molecule has 1 fully saturated rings. The summed E-state index contributed by atoms with van der Waals surface area (Å²) in [5.74, 6) is 0.611. The molecule has 0 aliphatic carbocycles. The van der Waals surface area contributed by atoms with Gasteiger partial charge in [-0.25, -0.2) is 4.79 Å². The summed E-state index contributed by atoms with van der Waals surface area (Å²) in [6.45, 7) is 9.07. The van der Waals surface area contributed by atoms with E-state index in [4.69, 9.17) is 4.74 Å². The molecule has 0 spiro atoms. The zero-order chi connectivity index (χ0) is 17.5. The van der Waals surface area contributed by atoms with E-state index in [1.54, 1.807) is 17.0 Å². The predicted octanol–water partition coefficient (Wildman–Crippen LogP) is 3.26. The smallest absolute Gasteiger partial charge is 0.317 e. The molecule has 0 unspecified atom stereocenters. The maximum absolute atomic E-state index is 12.8. The molecule has 2 rings (SSSR count). The van der Waals surface area contributed by atoms with Crippen LogP contribution in [0.5, 0.6) is 5.75 Å². The van der Waals surface area contributed by atoms with Crippen molar-refractivity contribution in [3.05, 3.63) is 42.5 Å². The highest BCUT2D eigenvalue weighted by molar-refractivity contribution is 5.98. The summed E-state index contributed by atoms with van der Waals surface area (Å²) in [5, 5.41) is 2.77. The summed E-state index contributed by atoms with van der Waals surface area (Å²) in [6, 6.07) is 7.16. The summed E-state index contributed by atoms with van der Waals surface area (Å²) in [4.78, 5) is 26.6. The number of Topliss-reactive ketones (excluding diaryl/α,β-unsaturated/α-hetero) is 1. The molecular formula is C19H26N2O3. The van der Waals surface area contributed by atoms with Crippen molar-refractivity contribution in [2.24, 2.45) is 5.92 Å². The number of ketones is 1. The van der Waals surface area contributed by atoms with Gasteiger partial charge >= 0.3 is 6.03 Å². The Balaban J connectivity index is 2.03. The number of nitrogens with zero attached hydrogens (tertiary/aromatic N) is 1. The van der Waals surface area contributed by atoms with Gasteiger partial charge in [-0.2, -0.15) is 0 Å². The average molecular weight is 330 g/mol. The molecule has 0 bridgehead atoms. The van der Waals surface area contributed by atoms with Crippen LogP contribution in [0, 0.1) is 5.92 Å². The summed E-state index contributed by atoms with van der Waals surface area (Å²) in [6.07, 6.45) is 3.35. The van der Waals surface area contributed by atoms with Gasteiger partial charge in [-0.3, -0.25) is 4.79 Å². The van der Waals surface area contributed by atoms with E-state index in [2.05, 4.69) is 11.9 Å². The van der Waals surface area contributed by atoms with Gasteiger partial charge in [0.1, 0.15) is 5.75 Å². The molecule has 0 aromatic heterocycles. The minimum absolute atomic E-state index is 0.0640. The lowest BCUT2D eigenvalue weighted by molar-refractivity contribution is 0.0845. The second-order valence-corrected chi connectivity index (χ2v) is 6.32. The van der Waals surface area contributed by atoms with Crippen molar-refractivity contribution < 1.29 is 14.3 Å². The van der Waals surface area contributed by atoms with Crippen molar-refractivity contribution in [1.82, 2.24) is 10.2 Å². The highest BCUT2D eigenvalue weighted by Crippen LogP contribution is 2.23. The van der Waals surface area contributed by atoms with Crippen LogP contribution in [-0.4, -0.2) is 42.5 Å². The Hall–Kier alpha value is -2.30. The molecular weight excluding hydrogens is 304 g/mol. The number of rotatable bonds is 6. The van der Waals surface area contributed by atoms with Gasteiger partial charge in [0.05, 0.1) is 6.10 Å². The van der Waals surface area contributed by atoms with Crippen molar-refractivity contribution >= 4 is 11.8 Å². The fraction of sp³-hybridized carbons (Fsp3) is 0.474. The van der Waals surface area contributed by atoms with Gasteiger partial charge < -0.3 is 15.0 Å². The topological polar surface area (TPSA) is 58.6 Å². The van der Waals surface area contributed by atoms with E-state index in [0.717, 1.165) is 12.8 Å². The summed E-state index contributed by atoms with van der Waals surface area (Å²) in [5.41, 5.74) is 0.645. The van der Waals surface area contributed by atoms with E-state index >= 15 is 0 Å². The van der Waals surface area contributed by atoms with Crippen LogP contribution in [0.25, 0.3) is 0 Å². The van der Waals surface area contributed by atoms with Gasteiger partial charge in [-0.15, -0.1) is 6.58 Å². The van der Waals surface area contributed by atoms with Crippen molar-refractivity contribution in [1.29, 1.82) is 0 Å². The van der Waals surface area contributed by atoms with Crippen LogP contribution in [-0.2, 0) is 0 Å². The van der Waals surface area contributed by atoms with E-state index in [1.165, 1.54) is 0 Å². The first kappa shape index (κ1) is 18.0. The highest BCUT2D eigenvalue weighted by Gasteiger charge is 2.29. The Bertz CT molecular complexity index is 598. The van der Waals surface area contributed by atoms with Crippen LogP contribution in [0.3, 0.4) is 0 Å². The third-order valence-corrected chi connectivity index (χ3v) is 3.97. The maximum atomic E-state index is 12.8. The van der Waals surface area contributed by atoms with Crippen molar-refractivity contribution in [3.8, 4) is 5.75 Å². The first-order valence-corrected chi connectivity index (χ1v) is 8.46. The molecule has 1 heterocycles. The molecule has 1 atom stereocenters. The van der Waals surface area contributed by atoms with Crippen LogP contribution >= 0.6 is 0 Å². The molecule has 5 nitrogen and oxygen atoms in total. The first-order valence-electron chi connectivity index (χ1n) is 8.46. The molecule has 130 valence electrons. The Labute approximate surface area is 143 Å². The molecule has 24 heavy (non-hydrogen) atoms. The van der Waals surface area contributed by atoms with E-state index in [1.807, 2.05) is 32.0 Å². The largest absolute Gasteiger partial charge is 0.491 e. The molecule has 1 aromatic rings. The molecule has 1 aromatic carbocycles. The minimum atomic E-state index is -0.164. The standard InChI is InChI=1S/C19H26N2O3/c1-4-10-20-19(23)21-11-6-8-16(13-21)18(22)15-7-5-9-17(12-15)24-14(2)3/h4-5,7,9,12,14,16H,1,6,8,10-11,13H2,2-3H3,(H,20,23)/t16-/m0/s1. The molecule has 1 N–H and O–H groups in total. The van der Waals surface area contributed by atoms with Gasteiger partial charge in [0.15, 0.2) is 5.78 Å². The normalized spacial score (nSPS) is 17.5. The van der Waals surface area contributed by atoms with Gasteiger partial charge in [0.2, 0.25) is 0 Å². The molecule has 0 radical (unpaired) electrons. The fourth-order valence-electron chi connectivity index (χ4n) is 2.88. The van der Waals surface area contributed by atoms with Gasteiger partial charge in [0, 0.05) is 31.1 Å². The Morgan fingerprint density at radius 3 is 2.96 bits per heavy atom. The van der Waals surface area contributed by atoms with Gasteiger partial charge in [-0.05, 0) is 38.8 Å². The zero-order valence-corrected chi connectivity index (χ0v) is 14.5. The number of nitrogens with one attached hydrogen (secondary N) is 1. The van der Waals surface area contributed by atoms with Crippen LogP contribution in [0.15, 0.2) is 36.9 Å². The summed E-state index contributed by atoms with van der Waals surface area (Å²) >= 11 is 0. The van der Waals surface area contributed by atoms with E-state index < -0.39 is 0 Å². The molecule has 2 amide bonds. The summed E-state index contributed by atoms with van der Waals surface area (Å²) < 4.78 is 5.66. The summed E-state index contributed by atoms with van der Waals surface area (Å²) in [7, 11) is 0. The third kappa shape index (κ3) is 4.85. The number of piperidine rings is 1. The fourth-order valence-corrected chi connectivity index (χ4v) is 2.88. The molecule has 5 heteroatoms. The lowest BCUT2D eigenvalue weighted by Crippen LogP contribution is -2.47. The monoisotopic (exact) mass is 330 g/mol. The number of ether oxygens (including phenoxy) is 1. The average Bonchev–Trinajstić information content (AvgIpc) is 2.58. The lowest BCUT2D eigenvalue weighted by atomic mass is 9.90. The second kappa shape index (κ2) is 8.52. The molecule has 0 saturated carbocycles.